The molecular weight excluding hydrogens is 426 g/mol. The summed E-state index contributed by atoms with van der Waals surface area (Å²) in [6.07, 6.45) is 0.263. The molecule has 0 aliphatic heterocycles. The Morgan fingerprint density at radius 3 is 2.68 bits per heavy atom. The number of nitrogens with one attached hydrogen (secondary N) is 4. The van der Waals surface area contributed by atoms with Crippen molar-refractivity contribution in [1.82, 2.24) is 25.4 Å². The number of nitrogens with two attached hydrogens (primary N) is 1. The van der Waals surface area contributed by atoms with Crippen molar-refractivity contribution in [2.45, 2.75) is 11.3 Å². The van der Waals surface area contributed by atoms with Gasteiger partial charge in [-0.05, 0) is 35.5 Å². The van der Waals surface area contributed by atoms with Crippen LogP contribution in [0.4, 0.5) is 11.6 Å². The third kappa shape index (κ3) is 4.40. The van der Waals surface area contributed by atoms with Gasteiger partial charge < -0.3 is 25.5 Å². The summed E-state index contributed by atoms with van der Waals surface area (Å²) in [5, 5.41) is 6.12. The summed E-state index contributed by atoms with van der Waals surface area (Å²) < 4.78 is 33.0. The largest absolute Gasteiger partial charge is 0.365 e. The highest BCUT2D eigenvalue weighted by Gasteiger charge is 2.19. The molecule has 0 aliphatic rings. The average molecular weight is 443 g/mol. The molecule has 0 saturated carbocycles. The predicted molar refractivity (Wildman–Crippen MR) is 111 cm³/mol. The zero-order chi connectivity index (χ0) is 22.0. The van der Waals surface area contributed by atoms with Crippen molar-refractivity contribution in [2.75, 3.05) is 17.0 Å². The SMILES string of the molecule is Nc1noc(CCNC(=O)c2ccccc2NS(=O)(=O)c2ccc3[nH]c(=O)[nH]c3c2)n1. The summed E-state index contributed by atoms with van der Waals surface area (Å²) in [6, 6.07) is 10.3. The van der Waals surface area contributed by atoms with E-state index in [-0.39, 0.29) is 41.0 Å². The van der Waals surface area contributed by atoms with Gasteiger partial charge >= 0.3 is 5.69 Å². The lowest BCUT2D eigenvalue weighted by atomic mass is 10.1. The van der Waals surface area contributed by atoms with Gasteiger partial charge in [0.1, 0.15) is 0 Å². The van der Waals surface area contributed by atoms with E-state index in [0.29, 0.717) is 11.0 Å². The van der Waals surface area contributed by atoms with Crippen LogP contribution in [0.3, 0.4) is 0 Å². The molecule has 4 rings (SSSR count). The Kier molecular flexibility index (Phi) is 5.17. The second-order valence-corrected chi connectivity index (χ2v) is 8.17. The number of aromatic nitrogens is 4. The molecule has 0 radical (unpaired) electrons. The van der Waals surface area contributed by atoms with Gasteiger partial charge in [-0.3, -0.25) is 9.52 Å². The minimum absolute atomic E-state index is 0.00276. The lowest BCUT2D eigenvalue weighted by Gasteiger charge is -2.12. The Balaban J connectivity index is 1.51. The van der Waals surface area contributed by atoms with E-state index in [1.54, 1.807) is 12.1 Å². The second-order valence-electron chi connectivity index (χ2n) is 6.49. The number of anilines is 2. The van der Waals surface area contributed by atoms with E-state index in [1.165, 1.54) is 30.3 Å². The molecule has 6 N–H and O–H groups in total. The van der Waals surface area contributed by atoms with E-state index in [1.807, 2.05) is 0 Å². The number of fused-ring (bicyclic) bond motifs is 1. The monoisotopic (exact) mass is 443 g/mol. The second kappa shape index (κ2) is 7.95. The fourth-order valence-electron chi connectivity index (χ4n) is 2.90. The van der Waals surface area contributed by atoms with Crippen LogP contribution in [0, 0.1) is 0 Å². The molecule has 1 amide bonds. The minimum Gasteiger partial charge on any atom is -0.365 e. The molecule has 31 heavy (non-hydrogen) atoms. The fourth-order valence-corrected chi connectivity index (χ4v) is 4.01. The van der Waals surface area contributed by atoms with Crippen molar-refractivity contribution in [3.63, 3.8) is 0 Å². The smallest absolute Gasteiger partial charge is 0.323 e. The van der Waals surface area contributed by atoms with Gasteiger partial charge in [-0.25, -0.2) is 13.2 Å². The highest BCUT2D eigenvalue weighted by molar-refractivity contribution is 7.92. The first kappa shape index (κ1) is 20.2. The molecule has 2 heterocycles. The number of para-hydroxylation sites is 1. The molecule has 4 aromatic rings. The Hall–Kier alpha value is -4.13. The number of benzene rings is 2. The van der Waals surface area contributed by atoms with E-state index < -0.39 is 21.6 Å². The highest BCUT2D eigenvalue weighted by atomic mass is 32.2. The number of hydrogen-bond acceptors (Lipinski definition) is 8. The van der Waals surface area contributed by atoms with Gasteiger partial charge in [-0.15, -0.1) is 0 Å². The van der Waals surface area contributed by atoms with E-state index in [0.717, 1.165) is 0 Å². The number of rotatable bonds is 7. The summed E-state index contributed by atoms with van der Waals surface area (Å²) in [4.78, 5) is 32.8. The number of carbonyl (C=O) groups is 1. The predicted octanol–water partition coefficient (Wildman–Crippen LogP) is 0.595. The molecule has 0 aliphatic carbocycles. The molecule has 2 aromatic heterocycles. The molecule has 0 saturated heterocycles. The summed E-state index contributed by atoms with van der Waals surface area (Å²) in [7, 11) is -4.03. The number of nitrogens with zero attached hydrogens (tertiary/aromatic N) is 2. The van der Waals surface area contributed by atoms with Crippen LogP contribution < -0.4 is 21.5 Å². The van der Waals surface area contributed by atoms with Crippen molar-refractivity contribution < 1.29 is 17.7 Å². The van der Waals surface area contributed by atoms with Gasteiger partial charge in [0.2, 0.25) is 5.89 Å². The standard InChI is InChI=1S/C18H17N7O5S/c19-17-23-15(30-24-17)7-8-20-16(26)11-3-1-2-4-12(11)25-31(28,29)10-5-6-13-14(9-10)22-18(27)21-13/h1-6,9,25H,7-8H2,(H2,19,24)(H,20,26)(H2,21,22,27). The summed E-state index contributed by atoms with van der Waals surface area (Å²) >= 11 is 0. The number of imidazole rings is 1. The quantitative estimate of drug-likeness (QED) is 0.274. The van der Waals surface area contributed by atoms with E-state index in [4.69, 9.17) is 10.3 Å². The van der Waals surface area contributed by atoms with Gasteiger partial charge in [-0.1, -0.05) is 12.1 Å². The van der Waals surface area contributed by atoms with E-state index in [9.17, 15) is 18.0 Å². The number of hydrogen-bond donors (Lipinski definition) is 5. The van der Waals surface area contributed by atoms with Gasteiger partial charge in [0.25, 0.3) is 21.9 Å². The lowest BCUT2D eigenvalue weighted by Crippen LogP contribution is -2.27. The molecule has 12 nitrogen and oxygen atoms in total. The van der Waals surface area contributed by atoms with Crippen LogP contribution >= 0.6 is 0 Å². The van der Waals surface area contributed by atoms with Crippen LogP contribution in [-0.2, 0) is 16.4 Å². The highest BCUT2D eigenvalue weighted by Crippen LogP contribution is 2.22. The maximum Gasteiger partial charge on any atom is 0.323 e. The first-order valence-electron chi connectivity index (χ1n) is 9.02. The van der Waals surface area contributed by atoms with Crippen LogP contribution in [0.25, 0.3) is 11.0 Å². The van der Waals surface area contributed by atoms with E-state index in [2.05, 4.69) is 30.1 Å². The fraction of sp³-hybridized carbons (Fsp3) is 0.111. The van der Waals surface area contributed by atoms with Crippen molar-refractivity contribution in [2.24, 2.45) is 0 Å². The third-order valence-electron chi connectivity index (χ3n) is 4.32. The lowest BCUT2D eigenvalue weighted by molar-refractivity contribution is 0.0954. The maximum atomic E-state index is 12.8. The molecule has 0 atom stereocenters. The van der Waals surface area contributed by atoms with Crippen molar-refractivity contribution in [3.05, 3.63) is 64.4 Å². The zero-order valence-corrected chi connectivity index (χ0v) is 16.7. The number of aromatic amines is 2. The van der Waals surface area contributed by atoms with Crippen LogP contribution in [0.2, 0.25) is 0 Å². The van der Waals surface area contributed by atoms with Crippen LogP contribution in [0.15, 0.2) is 56.7 Å². The number of sulfonamides is 1. The first-order valence-corrected chi connectivity index (χ1v) is 10.5. The number of nitrogen functional groups attached to an aromatic ring is 1. The topological polar surface area (TPSA) is 189 Å². The number of H-pyrrole nitrogens is 2. The summed E-state index contributed by atoms with van der Waals surface area (Å²) in [5.74, 6) is -0.218. The molecule has 160 valence electrons. The van der Waals surface area contributed by atoms with Gasteiger partial charge in [0.05, 0.1) is 27.2 Å². The molecule has 0 bridgehead atoms. The molecular formula is C18H17N7O5S. The summed E-state index contributed by atoms with van der Waals surface area (Å²) in [5.41, 5.74) is 5.99. The maximum absolute atomic E-state index is 12.8. The van der Waals surface area contributed by atoms with Gasteiger partial charge in [-0.2, -0.15) is 4.98 Å². The van der Waals surface area contributed by atoms with Crippen LogP contribution in [0.1, 0.15) is 16.2 Å². The Morgan fingerprint density at radius 1 is 1.13 bits per heavy atom. The van der Waals surface area contributed by atoms with Gasteiger partial charge in [0.15, 0.2) is 0 Å². The first-order chi connectivity index (χ1) is 14.8. The number of amides is 1. The van der Waals surface area contributed by atoms with Crippen molar-refractivity contribution in [1.29, 1.82) is 0 Å². The third-order valence-corrected chi connectivity index (χ3v) is 5.69. The van der Waals surface area contributed by atoms with Crippen LogP contribution in [0.5, 0.6) is 0 Å². The van der Waals surface area contributed by atoms with Gasteiger partial charge in [0, 0.05) is 13.0 Å². The zero-order valence-electron chi connectivity index (χ0n) is 15.9. The number of carbonyl (C=O) groups excluding carboxylic acids is 1. The minimum atomic E-state index is -4.03. The Bertz CT molecular complexity index is 1420. The van der Waals surface area contributed by atoms with E-state index >= 15 is 0 Å². The molecule has 0 fully saturated rings. The van der Waals surface area contributed by atoms with Crippen molar-refractivity contribution >= 4 is 38.6 Å². The Labute approximate surface area is 174 Å². The molecule has 0 spiro atoms. The molecule has 2 aromatic carbocycles. The van der Waals surface area contributed by atoms with Crippen LogP contribution in [-0.4, -0.2) is 41.0 Å². The Morgan fingerprint density at radius 2 is 1.90 bits per heavy atom. The molecule has 13 heteroatoms. The summed E-state index contributed by atoms with van der Waals surface area (Å²) in [6.45, 7) is 0.180. The molecule has 0 unspecified atom stereocenters. The average Bonchev–Trinajstić information content (AvgIpc) is 3.31. The normalized spacial score (nSPS) is 11.5. The van der Waals surface area contributed by atoms with Crippen molar-refractivity contribution in [3.8, 4) is 0 Å².